The normalized spacial score (nSPS) is 10.9. The third-order valence-electron chi connectivity index (χ3n) is 6.22. The van der Waals surface area contributed by atoms with Crippen molar-refractivity contribution in [2.24, 2.45) is 0 Å². The zero-order valence-corrected chi connectivity index (χ0v) is 19.9. The average molecular weight is 460 g/mol. The summed E-state index contributed by atoms with van der Waals surface area (Å²) in [4.78, 5) is 19.1. The zero-order chi connectivity index (χ0) is 24.5. The van der Waals surface area contributed by atoms with E-state index in [2.05, 4.69) is 0 Å². The Bertz CT molecular complexity index is 1550. The molecule has 0 aliphatic heterocycles. The summed E-state index contributed by atoms with van der Waals surface area (Å²) in [5.74, 6) is 0.579. The summed E-state index contributed by atoms with van der Waals surface area (Å²) in [5.41, 5.74) is 6.63. The van der Waals surface area contributed by atoms with Gasteiger partial charge in [0.25, 0.3) is 0 Å². The van der Waals surface area contributed by atoms with Crippen LogP contribution in [0, 0.1) is 13.8 Å². The maximum absolute atomic E-state index is 14.2. The van der Waals surface area contributed by atoms with E-state index in [-0.39, 0.29) is 11.5 Å². The van der Waals surface area contributed by atoms with Gasteiger partial charge in [0.2, 0.25) is 0 Å². The summed E-state index contributed by atoms with van der Waals surface area (Å²) in [6.07, 6.45) is 0. The molecule has 0 saturated heterocycles. The van der Waals surface area contributed by atoms with E-state index in [0.717, 1.165) is 33.2 Å². The van der Waals surface area contributed by atoms with Crippen LogP contribution in [-0.2, 0) is 0 Å². The fourth-order valence-corrected chi connectivity index (χ4v) is 4.37. The minimum Gasteiger partial charge on any atom is -0.507 e. The van der Waals surface area contributed by atoms with Gasteiger partial charge in [-0.25, -0.2) is 4.98 Å². The Morgan fingerprint density at radius 1 is 0.829 bits per heavy atom. The highest BCUT2D eigenvalue weighted by molar-refractivity contribution is 6.20. The molecule has 0 bridgehead atoms. The molecule has 0 spiro atoms. The van der Waals surface area contributed by atoms with E-state index in [9.17, 15) is 9.90 Å². The molecule has 4 heteroatoms. The highest BCUT2D eigenvalue weighted by Gasteiger charge is 2.25. The maximum Gasteiger partial charge on any atom is 0.195 e. The van der Waals surface area contributed by atoms with Crippen LogP contribution in [0.5, 0.6) is 11.5 Å². The minimum absolute atomic E-state index is 0.0747. The van der Waals surface area contributed by atoms with Crippen LogP contribution in [0.2, 0.25) is 0 Å². The third kappa shape index (κ3) is 4.15. The van der Waals surface area contributed by atoms with Gasteiger partial charge in [0.05, 0.1) is 23.9 Å². The minimum atomic E-state index is -0.170. The van der Waals surface area contributed by atoms with Crippen molar-refractivity contribution in [3.63, 3.8) is 0 Å². The number of aryl methyl sites for hydroxylation is 2. The number of ketones is 1. The molecule has 1 N–H and O–H groups in total. The Hall–Kier alpha value is -4.44. The van der Waals surface area contributed by atoms with E-state index in [0.29, 0.717) is 28.1 Å². The van der Waals surface area contributed by atoms with E-state index in [1.807, 2.05) is 62.4 Å². The Kier molecular flexibility index (Phi) is 5.79. The molecule has 5 rings (SSSR count). The Balaban J connectivity index is 1.91. The van der Waals surface area contributed by atoms with Crippen molar-refractivity contribution in [1.29, 1.82) is 0 Å². The highest BCUT2D eigenvalue weighted by atomic mass is 16.5. The summed E-state index contributed by atoms with van der Waals surface area (Å²) in [5, 5.41) is 11.7. The Labute approximate surface area is 204 Å². The van der Waals surface area contributed by atoms with Crippen molar-refractivity contribution in [2.75, 3.05) is 7.11 Å². The molecule has 1 aromatic heterocycles. The van der Waals surface area contributed by atoms with Crippen LogP contribution in [0.4, 0.5) is 0 Å². The SMILES string of the molecule is COc1ccc(C(=O)c2c(-c3ccccc3O)nc3cc(C)ccc3c2-c2ccc(C)cc2)cc1. The predicted molar refractivity (Wildman–Crippen MR) is 140 cm³/mol. The lowest BCUT2D eigenvalue weighted by molar-refractivity contribution is 0.104. The van der Waals surface area contributed by atoms with Gasteiger partial charge in [0.15, 0.2) is 5.78 Å². The molecular weight excluding hydrogens is 434 g/mol. The number of aromatic nitrogens is 1. The lowest BCUT2D eigenvalue weighted by Gasteiger charge is -2.18. The topological polar surface area (TPSA) is 59.4 Å². The number of hydrogen-bond donors (Lipinski definition) is 1. The molecule has 0 amide bonds. The first-order valence-electron chi connectivity index (χ1n) is 11.4. The molecule has 0 aliphatic carbocycles. The van der Waals surface area contributed by atoms with Crippen LogP contribution in [0.25, 0.3) is 33.3 Å². The van der Waals surface area contributed by atoms with Crippen LogP contribution in [0.15, 0.2) is 91.0 Å². The smallest absolute Gasteiger partial charge is 0.195 e. The number of carbonyl (C=O) groups excluding carboxylic acids is 1. The molecule has 0 saturated carbocycles. The molecule has 0 atom stereocenters. The summed E-state index contributed by atoms with van der Waals surface area (Å²) in [7, 11) is 1.60. The number of hydrogen-bond acceptors (Lipinski definition) is 4. The van der Waals surface area contributed by atoms with Gasteiger partial charge in [-0.1, -0.05) is 54.1 Å². The van der Waals surface area contributed by atoms with E-state index in [4.69, 9.17) is 9.72 Å². The quantitative estimate of drug-likeness (QED) is 0.284. The first kappa shape index (κ1) is 22.4. The highest BCUT2D eigenvalue weighted by Crippen LogP contribution is 2.41. The predicted octanol–water partition coefficient (Wildman–Crippen LogP) is 7.13. The molecule has 0 radical (unpaired) electrons. The summed E-state index contributed by atoms with van der Waals surface area (Å²) in [6, 6.07) is 28.3. The molecule has 0 unspecified atom stereocenters. The first-order chi connectivity index (χ1) is 17.0. The molecule has 4 aromatic carbocycles. The van der Waals surface area contributed by atoms with E-state index in [1.54, 1.807) is 49.6 Å². The Morgan fingerprint density at radius 2 is 1.51 bits per heavy atom. The molecule has 0 fully saturated rings. The molecule has 35 heavy (non-hydrogen) atoms. The number of phenols is 1. The van der Waals surface area contributed by atoms with Gasteiger partial charge >= 0.3 is 0 Å². The number of carbonyl (C=O) groups is 1. The lowest BCUT2D eigenvalue weighted by atomic mass is 9.87. The summed E-state index contributed by atoms with van der Waals surface area (Å²) < 4.78 is 5.28. The standard InChI is InChI=1S/C31H25NO3/c1-19-8-11-21(12-9-19)28-24-17-10-20(2)18-26(24)32-30(25-6-4-5-7-27(25)33)29(28)31(34)22-13-15-23(35-3)16-14-22/h4-18,33H,1-3H3. The van der Waals surface area contributed by atoms with Crippen molar-refractivity contribution in [2.45, 2.75) is 13.8 Å². The number of pyridine rings is 1. The van der Waals surface area contributed by atoms with E-state index in [1.165, 1.54) is 0 Å². The molecular formula is C31H25NO3. The van der Waals surface area contributed by atoms with Gasteiger partial charge in [0, 0.05) is 22.1 Å². The number of fused-ring (bicyclic) bond motifs is 1. The van der Waals surface area contributed by atoms with E-state index < -0.39 is 0 Å². The number of benzene rings is 4. The van der Waals surface area contributed by atoms with Crippen molar-refractivity contribution in [3.05, 3.63) is 113 Å². The number of nitrogens with zero attached hydrogens (tertiary/aromatic N) is 1. The van der Waals surface area contributed by atoms with Crippen molar-refractivity contribution in [1.82, 2.24) is 4.98 Å². The number of aromatic hydroxyl groups is 1. The zero-order valence-electron chi connectivity index (χ0n) is 19.9. The van der Waals surface area contributed by atoms with Crippen LogP contribution < -0.4 is 4.74 Å². The first-order valence-corrected chi connectivity index (χ1v) is 11.4. The van der Waals surface area contributed by atoms with Gasteiger partial charge in [0.1, 0.15) is 11.5 Å². The maximum atomic E-state index is 14.2. The lowest BCUT2D eigenvalue weighted by Crippen LogP contribution is -2.09. The fourth-order valence-electron chi connectivity index (χ4n) is 4.37. The van der Waals surface area contributed by atoms with Crippen LogP contribution in [-0.4, -0.2) is 23.0 Å². The summed E-state index contributed by atoms with van der Waals surface area (Å²) >= 11 is 0. The van der Waals surface area contributed by atoms with Gasteiger partial charge in [-0.05, 0) is 67.4 Å². The van der Waals surface area contributed by atoms with E-state index >= 15 is 0 Å². The van der Waals surface area contributed by atoms with Gasteiger partial charge in [-0.2, -0.15) is 0 Å². The molecule has 0 aliphatic rings. The fraction of sp³-hybridized carbons (Fsp3) is 0.0968. The molecule has 1 heterocycles. The van der Waals surface area contributed by atoms with Crippen molar-refractivity contribution >= 4 is 16.7 Å². The second kappa shape index (κ2) is 9.07. The van der Waals surface area contributed by atoms with Crippen molar-refractivity contribution in [3.8, 4) is 33.9 Å². The summed E-state index contributed by atoms with van der Waals surface area (Å²) in [6.45, 7) is 4.05. The monoisotopic (exact) mass is 459 g/mol. The largest absolute Gasteiger partial charge is 0.507 e. The number of rotatable bonds is 5. The van der Waals surface area contributed by atoms with Crippen LogP contribution in [0.1, 0.15) is 27.0 Å². The second-order valence-corrected chi connectivity index (χ2v) is 8.67. The number of phenolic OH excluding ortho intramolecular Hbond substituents is 1. The molecule has 4 nitrogen and oxygen atoms in total. The number of para-hydroxylation sites is 1. The van der Waals surface area contributed by atoms with Crippen LogP contribution >= 0.6 is 0 Å². The van der Waals surface area contributed by atoms with Gasteiger partial charge in [-0.15, -0.1) is 0 Å². The Morgan fingerprint density at radius 3 is 2.20 bits per heavy atom. The number of ether oxygens (including phenoxy) is 1. The molecule has 5 aromatic rings. The average Bonchev–Trinajstić information content (AvgIpc) is 2.88. The van der Waals surface area contributed by atoms with Gasteiger partial charge < -0.3 is 9.84 Å². The van der Waals surface area contributed by atoms with Gasteiger partial charge in [-0.3, -0.25) is 4.79 Å². The molecule has 172 valence electrons. The second-order valence-electron chi connectivity index (χ2n) is 8.67. The van der Waals surface area contributed by atoms with Crippen LogP contribution in [0.3, 0.4) is 0 Å². The number of methoxy groups -OCH3 is 1. The third-order valence-corrected chi connectivity index (χ3v) is 6.22. The van der Waals surface area contributed by atoms with Crippen molar-refractivity contribution < 1.29 is 14.6 Å².